The minimum Gasteiger partial charge on any atom is -0.487 e. The summed E-state index contributed by atoms with van der Waals surface area (Å²) in [6.45, 7) is 0.904. The van der Waals surface area contributed by atoms with Gasteiger partial charge in [-0.05, 0) is 54.1 Å². The lowest BCUT2D eigenvalue weighted by Gasteiger charge is -2.06. The van der Waals surface area contributed by atoms with Crippen LogP contribution in [0.3, 0.4) is 0 Å². The number of rotatable bonds is 6. The predicted octanol–water partition coefficient (Wildman–Crippen LogP) is 5.33. The topological polar surface area (TPSA) is 70.2 Å². The third kappa shape index (κ3) is 4.40. The molecule has 7 heteroatoms. The highest BCUT2D eigenvalue weighted by Crippen LogP contribution is 2.24. The van der Waals surface area contributed by atoms with Crippen LogP contribution in [-0.4, -0.2) is 15.0 Å². The van der Waals surface area contributed by atoms with Crippen molar-refractivity contribution in [2.24, 2.45) is 0 Å². The second kappa shape index (κ2) is 8.69. The van der Waals surface area contributed by atoms with Crippen LogP contribution in [0, 0.1) is 0 Å². The Morgan fingerprint density at radius 3 is 2.56 bits per heavy atom. The molecule has 0 saturated heterocycles. The Bertz CT molecular complexity index is 1420. The maximum atomic E-state index is 12.3. The van der Waals surface area contributed by atoms with Crippen LogP contribution in [0.15, 0.2) is 94.3 Å². The average Bonchev–Trinajstić information content (AvgIpc) is 3.27. The molecule has 0 unspecified atom stereocenters. The molecule has 0 N–H and O–H groups in total. The molecule has 0 bridgehead atoms. The molecule has 0 spiro atoms. The van der Waals surface area contributed by atoms with Crippen LogP contribution < -0.4 is 10.2 Å². The number of hydrogen-bond donors (Lipinski definition) is 0. The first-order chi connectivity index (χ1) is 15.6. The largest absolute Gasteiger partial charge is 0.487 e. The third-order valence-electron chi connectivity index (χ3n) is 5.00. The fourth-order valence-corrected chi connectivity index (χ4v) is 3.50. The van der Waals surface area contributed by atoms with Gasteiger partial charge < -0.3 is 9.15 Å². The molecule has 5 aromatic rings. The van der Waals surface area contributed by atoms with E-state index < -0.39 is 0 Å². The van der Waals surface area contributed by atoms with Gasteiger partial charge in [0, 0.05) is 16.7 Å². The number of halogens is 1. The highest BCUT2D eigenvalue weighted by atomic mass is 35.5. The summed E-state index contributed by atoms with van der Waals surface area (Å²) in [4.78, 5) is 12.3. The zero-order valence-corrected chi connectivity index (χ0v) is 17.7. The van der Waals surface area contributed by atoms with Crippen molar-refractivity contribution in [3.05, 3.63) is 112 Å². The first-order valence-corrected chi connectivity index (χ1v) is 10.4. The van der Waals surface area contributed by atoms with E-state index in [9.17, 15) is 4.79 Å². The van der Waals surface area contributed by atoms with Crippen LogP contribution in [0.25, 0.3) is 22.3 Å². The van der Waals surface area contributed by atoms with E-state index in [0.29, 0.717) is 40.7 Å². The summed E-state index contributed by atoms with van der Waals surface area (Å²) < 4.78 is 13.5. The first-order valence-electron chi connectivity index (χ1n) is 10.0. The van der Waals surface area contributed by atoms with E-state index in [1.807, 2.05) is 66.9 Å². The molecule has 6 nitrogen and oxygen atoms in total. The van der Waals surface area contributed by atoms with Crippen LogP contribution in [0.5, 0.6) is 5.75 Å². The molecule has 0 saturated carbocycles. The summed E-state index contributed by atoms with van der Waals surface area (Å²) >= 11 is 5.92. The summed E-state index contributed by atoms with van der Waals surface area (Å²) in [5.41, 5.74) is 3.11. The van der Waals surface area contributed by atoms with Crippen molar-refractivity contribution in [2.45, 2.75) is 13.2 Å². The van der Waals surface area contributed by atoms with E-state index >= 15 is 0 Å². The molecular formula is C25H18ClN3O3. The van der Waals surface area contributed by atoms with Gasteiger partial charge in [-0.3, -0.25) is 4.79 Å². The van der Waals surface area contributed by atoms with Crippen LogP contribution in [0.1, 0.15) is 11.3 Å². The van der Waals surface area contributed by atoms with Crippen LogP contribution in [-0.2, 0) is 13.2 Å². The van der Waals surface area contributed by atoms with Gasteiger partial charge in [-0.2, -0.15) is 0 Å². The van der Waals surface area contributed by atoms with E-state index in [1.54, 1.807) is 16.8 Å². The molecule has 0 atom stereocenters. The second-order valence-electron chi connectivity index (χ2n) is 7.32. The average molecular weight is 444 g/mol. The predicted molar refractivity (Wildman–Crippen MR) is 123 cm³/mol. The second-order valence-corrected chi connectivity index (χ2v) is 7.75. The minimum absolute atomic E-state index is 0.0659. The first kappa shape index (κ1) is 20.0. The van der Waals surface area contributed by atoms with Gasteiger partial charge in [0.15, 0.2) is 5.43 Å². The molecule has 0 aliphatic carbocycles. The van der Waals surface area contributed by atoms with Gasteiger partial charge in [0.05, 0.1) is 18.1 Å². The van der Waals surface area contributed by atoms with E-state index in [1.165, 1.54) is 6.07 Å². The summed E-state index contributed by atoms with van der Waals surface area (Å²) in [5.74, 6) is 1.20. The summed E-state index contributed by atoms with van der Waals surface area (Å²) in [5, 5.41) is 9.58. The standard InChI is InChI=1S/C25H18ClN3O3/c26-19-9-5-17(6-10-19)14-29-15-20(27-28-29)16-31-21-11-7-18(8-12-21)25-13-23(30)22-3-1-2-4-24(22)32-25/h1-13,15H,14,16H2. The Balaban J connectivity index is 1.24. The van der Waals surface area contributed by atoms with Gasteiger partial charge >= 0.3 is 0 Å². The quantitative estimate of drug-likeness (QED) is 0.354. The van der Waals surface area contributed by atoms with Crippen molar-refractivity contribution >= 4 is 22.6 Å². The number of hydrogen-bond acceptors (Lipinski definition) is 5. The van der Waals surface area contributed by atoms with Crippen molar-refractivity contribution in [3.8, 4) is 17.1 Å². The van der Waals surface area contributed by atoms with Crippen molar-refractivity contribution in [1.82, 2.24) is 15.0 Å². The minimum atomic E-state index is -0.0659. The lowest BCUT2D eigenvalue weighted by Crippen LogP contribution is -2.00. The maximum Gasteiger partial charge on any atom is 0.193 e. The molecule has 158 valence electrons. The van der Waals surface area contributed by atoms with Gasteiger partial charge in [0.1, 0.15) is 29.4 Å². The summed E-state index contributed by atoms with van der Waals surface area (Å²) in [6.07, 6.45) is 1.85. The summed E-state index contributed by atoms with van der Waals surface area (Å²) in [6, 6.07) is 23.7. The lowest BCUT2D eigenvalue weighted by atomic mass is 10.1. The molecule has 2 aromatic heterocycles. The smallest absolute Gasteiger partial charge is 0.193 e. The van der Waals surface area contributed by atoms with Crippen molar-refractivity contribution in [1.29, 1.82) is 0 Å². The highest BCUT2D eigenvalue weighted by Gasteiger charge is 2.08. The van der Waals surface area contributed by atoms with E-state index in [2.05, 4.69) is 10.3 Å². The van der Waals surface area contributed by atoms with Crippen molar-refractivity contribution in [3.63, 3.8) is 0 Å². The molecule has 0 aliphatic heterocycles. The molecule has 0 aliphatic rings. The molecule has 0 fully saturated rings. The van der Waals surface area contributed by atoms with E-state index in [-0.39, 0.29) is 5.43 Å². The number of nitrogens with zero attached hydrogens (tertiary/aromatic N) is 3. The van der Waals surface area contributed by atoms with Crippen molar-refractivity contribution < 1.29 is 9.15 Å². The molecule has 0 radical (unpaired) electrons. The monoisotopic (exact) mass is 443 g/mol. The SMILES string of the molecule is O=c1cc(-c2ccc(OCc3cn(Cc4ccc(Cl)cc4)nn3)cc2)oc2ccccc12. The van der Waals surface area contributed by atoms with Gasteiger partial charge in [0.2, 0.25) is 0 Å². The number of benzene rings is 3. The number of aromatic nitrogens is 3. The fraction of sp³-hybridized carbons (Fsp3) is 0.0800. The normalized spacial score (nSPS) is 11.0. The van der Waals surface area contributed by atoms with Crippen LogP contribution in [0.2, 0.25) is 5.02 Å². The van der Waals surface area contributed by atoms with E-state index in [0.717, 1.165) is 16.8 Å². The zero-order valence-electron chi connectivity index (χ0n) is 16.9. The molecule has 5 rings (SSSR count). The molecular weight excluding hydrogens is 426 g/mol. The molecule has 2 heterocycles. The fourth-order valence-electron chi connectivity index (χ4n) is 3.38. The van der Waals surface area contributed by atoms with E-state index in [4.69, 9.17) is 20.8 Å². The highest BCUT2D eigenvalue weighted by molar-refractivity contribution is 6.30. The number of ether oxygens (including phenoxy) is 1. The van der Waals surface area contributed by atoms with Gasteiger partial charge in [-0.15, -0.1) is 5.10 Å². The van der Waals surface area contributed by atoms with Gasteiger partial charge in [-0.1, -0.05) is 41.1 Å². The maximum absolute atomic E-state index is 12.3. The molecule has 0 amide bonds. The third-order valence-corrected chi connectivity index (χ3v) is 5.26. The van der Waals surface area contributed by atoms with Crippen molar-refractivity contribution in [2.75, 3.05) is 0 Å². The Hall–Kier alpha value is -3.90. The lowest BCUT2D eigenvalue weighted by molar-refractivity contribution is 0.301. The molecule has 3 aromatic carbocycles. The molecule has 32 heavy (non-hydrogen) atoms. The number of fused-ring (bicyclic) bond motifs is 1. The Morgan fingerprint density at radius 1 is 0.969 bits per heavy atom. The summed E-state index contributed by atoms with van der Waals surface area (Å²) in [7, 11) is 0. The Morgan fingerprint density at radius 2 is 1.75 bits per heavy atom. The van der Waals surface area contributed by atoms with Gasteiger partial charge in [-0.25, -0.2) is 4.68 Å². The van der Waals surface area contributed by atoms with Crippen LogP contribution >= 0.6 is 11.6 Å². The Labute approximate surface area is 188 Å². The van der Waals surface area contributed by atoms with Crippen LogP contribution in [0.4, 0.5) is 0 Å². The number of para-hydroxylation sites is 1. The van der Waals surface area contributed by atoms with Gasteiger partial charge in [0.25, 0.3) is 0 Å². The zero-order chi connectivity index (χ0) is 21.9. The Kier molecular flexibility index (Phi) is 5.44.